The van der Waals surface area contributed by atoms with E-state index in [-0.39, 0.29) is 0 Å². The fourth-order valence-corrected chi connectivity index (χ4v) is 2.07. The highest BCUT2D eigenvalue weighted by molar-refractivity contribution is 5.13. The van der Waals surface area contributed by atoms with E-state index in [0.717, 1.165) is 5.69 Å². The van der Waals surface area contributed by atoms with E-state index in [9.17, 15) is 0 Å². The van der Waals surface area contributed by atoms with Crippen molar-refractivity contribution < 1.29 is 0 Å². The van der Waals surface area contributed by atoms with Crippen molar-refractivity contribution in [2.24, 2.45) is 0 Å². The van der Waals surface area contributed by atoms with E-state index in [0.29, 0.717) is 17.8 Å². The molecule has 4 nitrogen and oxygen atoms in total. The lowest BCUT2D eigenvalue weighted by Gasteiger charge is -2.01. The van der Waals surface area contributed by atoms with E-state index in [1.54, 1.807) is 6.33 Å². The number of nitrogens with zero attached hydrogens (tertiary/aromatic N) is 4. The summed E-state index contributed by atoms with van der Waals surface area (Å²) >= 11 is 0. The first-order valence-electron chi connectivity index (χ1n) is 9.47. The molecule has 3 rings (SSSR count). The van der Waals surface area contributed by atoms with Gasteiger partial charge in [0.05, 0.1) is 0 Å². The van der Waals surface area contributed by atoms with Crippen LogP contribution in [0.15, 0.2) is 67.6 Å². The summed E-state index contributed by atoms with van der Waals surface area (Å²) in [5.41, 5.74) is 3.71. The Balaban J connectivity index is 0.000000202. The van der Waals surface area contributed by atoms with Gasteiger partial charge in [0.25, 0.3) is 0 Å². The Morgan fingerprint density at radius 3 is 1.52 bits per heavy atom. The van der Waals surface area contributed by atoms with Gasteiger partial charge < -0.3 is 0 Å². The number of aromatic nitrogens is 4. The Labute approximate surface area is 164 Å². The summed E-state index contributed by atoms with van der Waals surface area (Å²) in [6, 6.07) is 10.1. The van der Waals surface area contributed by atoms with Crippen LogP contribution >= 0.6 is 0 Å². The van der Waals surface area contributed by atoms with Crippen molar-refractivity contribution in [3.8, 4) is 0 Å². The Kier molecular flexibility index (Phi) is 10.5. The second-order valence-electron chi connectivity index (χ2n) is 7.17. The van der Waals surface area contributed by atoms with Gasteiger partial charge in [0.2, 0.25) is 0 Å². The maximum atomic E-state index is 4.18. The number of rotatable bonds is 3. The zero-order chi connectivity index (χ0) is 20.1. The van der Waals surface area contributed by atoms with Gasteiger partial charge in [-0.1, -0.05) is 47.6 Å². The van der Waals surface area contributed by atoms with Gasteiger partial charge in [-0.05, 0) is 53.1 Å². The normalized spacial score (nSPS) is 10.1. The Hall–Kier alpha value is -2.62. The van der Waals surface area contributed by atoms with Crippen molar-refractivity contribution in [3.05, 3.63) is 84.5 Å². The highest BCUT2D eigenvalue weighted by Gasteiger charge is 1.96. The SMILES string of the molecule is CC(C)c1ccccn1.CC(C)c1ccncc1.CC(C)c1cncnc1. The van der Waals surface area contributed by atoms with E-state index < -0.39 is 0 Å². The van der Waals surface area contributed by atoms with Gasteiger partial charge in [-0.2, -0.15) is 0 Å². The van der Waals surface area contributed by atoms with Crippen LogP contribution in [-0.4, -0.2) is 19.9 Å². The lowest BCUT2D eigenvalue weighted by molar-refractivity contribution is 0.823. The Bertz CT molecular complexity index is 608. The van der Waals surface area contributed by atoms with Gasteiger partial charge in [-0.15, -0.1) is 0 Å². The molecular formula is C23H32N4. The molecule has 0 aliphatic heterocycles. The van der Waals surface area contributed by atoms with Crippen molar-refractivity contribution in [2.75, 3.05) is 0 Å². The summed E-state index contributed by atoms with van der Waals surface area (Å²) in [7, 11) is 0. The number of pyridine rings is 2. The van der Waals surface area contributed by atoms with E-state index in [1.807, 2.05) is 61.3 Å². The van der Waals surface area contributed by atoms with Crippen molar-refractivity contribution in [1.29, 1.82) is 0 Å². The molecule has 0 fully saturated rings. The van der Waals surface area contributed by atoms with E-state index in [1.165, 1.54) is 11.1 Å². The smallest absolute Gasteiger partial charge is 0.115 e. The quantitative estimate of drug-likeness (QED) is 0.571. The molecule has 3 aromatic rings. The monoisotopic (exact) mass is 364 g/mol. The van der Waals surface area contributed by atoms with Crippen LogP contribution < -0.4 is 0 Å². The summed E-state index contributed by atoms with van der Waals surface area (Å²) in [6.07, 6.45) is 10.7. The summed E-state index contributed by atoms with van der Waals surface area (Å²) < 4.78 is 0. The summed E-state index contributed by atoms with van der Waals surface area (Å²) in [5.74, 6) is 1.70. The standard InChI is InChI=1S/2C8H11N.C7H10N2/c1-7(2)8-3-5-9-6-4-8;1-7(2)8-5-3-4-6-9-8;1-6(2)7-3-8-5-9-4-7/h2*3-7H,1-2H3;3-6H,1-2H3. The second-order valence-corrected chi connectivity index (χ2v) is 7.17. The van der Waals surface area contributed by atoms with Crippen LogP contribution in [-0.2, 0) is 0 Å². The molecule has 0 bridgehead atoms. The first kappa shape index (κ1) is 22.4. The number of hydrogen-bond donors (Lipinski definition) is 0. The molecule has 0 aliphatic rings. The van der Waals surface area contributed by atoms with Gasteiger partial charge in [-0.25, -0.2) is 9.97 Å². The highest BCUT2D eigenvalue weighted by atomic mass is 14.8. The first-order chi connectivity index (χ1) is 12.9. The third-order valence-electron chi connectivity index (χ3n) is 3.90. The molecule has 0 N–H and O–H groups in total. The van der Waals surface area contributed by atoms with Crippen LogP contribution in [0.4, 0.5) is 0 Å². The molecule has 27 heavy (non-hydrogen) atoms. The molecule has 0 aliphatic carbocycles. The third kappa shape index (κ3) is 9.59. The Morgan fingerprint density at radius 2 is 1.19 bits per heavy atom. The fourth-order valence-electron chi connectivity index (χ4n) is 2.07. The van der Waals surface area contributed by atoms with Gasteiger partial charge in [0, 0.05) is 36.7 Å². The minimum Gasteiger partial charge on any atom is -0.265 e. The first-order valence-corrected chi connectivity index (χ1v) is 9.47. The van der Waals surface area contributed by atoms with Gasteiger partial charge in [0.1, 0.15) is 6.33 Å². The van der Waals surface area contributed by atoms with Crippen molar-refractivity contribution >= 4 is 0 Å². The van der Waals surface area contributed by atoms with Gasteiger partial charge in [0.15, 0.2) is 0 Å². The fraction of sp³-hybridized carbons (Fsp3) is 0.391. The van der Waals surface area contributed by atoms with E-state index in [2.05, 4.69) is 61.5 Å². The molecule has 4 heteroatoms. The summed E-state index contributed by atoms with van der Waals surface area (Å²) in [4.78, 5) is 15.9. The van der Waals surface area contributed by atoms with Gasteiger partial charge in [-0.3, -0.25) is 9.97 Å². The van der Waals surface area contributed by atoms with Crippen LogP contribution in [0.5, 0.6) is 0 Å². The molecule has 0 aromatic carbocycles. The van der Waals surface area contributed by atoms with Crippen molar-refractivity contribution in [3.63, 3.8) is 0 Å². The van der Waals surface area contributed by atoms with Crippen LogP contribution in [0.1, 0.15) is 76.1 Å². The minimum absolute atomic E-state index is 0.534. The molecule has 0 saturated carbocycles. The average molecular weight is 365 g/mol. The summed E-state index contributed by atoms with van der Waals surface area (Å²) in [5, 5.41) is 0. The molecule has 0 saturated heterocycles. The molecule has 0 spiro atoms. The third-order valence-corrected chi connectivity index (χ3v) is 3.90. The van der Waals surface area contributed by atoms with E-state index >= 15 is 0 Å². The molecule has 0 amide bonds. The average Bonchev–Trinajstić information content (AvgIpc) is 2.71. The van der Waals surface area contributed by atoms with Crippen LogP contribution in [0, 0.1) is 0 Å². The van der Waals surface area contributed by atoms with Crippen LogP contribution in [0.25, 0.3) is 0 Å². The zero-order valence-electron chi connectivity index (χ0n) is 17.4. The molecular weight excluding hydrogens is 332 g/mol. The molecule has 144 valence electrons. The molecule has 0 atom stereocenters. The van der Waals surface area contributed by atoms with Crippen molar-refractivity contribution in [2.45, 2.75) is 59.3 Å². The summed E-state index contributed by atoms with van der Waals surface area (Å²) in [6.45, 7) is 12.9. The maximum Gasteiger partial charge on any atom is 0.115 e. The van der Waals surface area contributed by atoms with E-state index in [4.69, 9.17) is 0 Å². The predicted octanol–water partition coefficient (Wildman–Crippen LogP) is 6.01. The zero-order valence-corrected chi connectivity index (χ0v) is 17.4. The second kappa shape index (κ2) is 12.7. The minimum atomic E-state index is 0.534. The maximum absolute atomic E-state index is 4.18. The molecule has 0 unspecified atom stereocenters. The molecule has 3 aromatic heterocycles. The lowest BCUT2D eigenvalue weighted by atomic mass is 10.1. The number of hydrogen-bond acceptors (Lipinski definition) is 4. The van der Waals surface area contributed by atoms with Gasteiger partial charge >= 0.3 is 0 Å². The molecule has 3 heterocycles. The predicted molar refractivity (Wildman–Crippen MR) is 113 cm³/mol. The molecule has 0 radical (unpaired) electrons. The van der Waals surface area contributed by atoms with Crippen LogP contribution in [0.2, 0.25) is 0 Å². The topological polar surface area (TPSA) is 51.6 Å². The van der Waals surface area contributed by atoms with Crippen molar-refractivity contribution in [1.82, 2.24) is 19.9 Å². The van der Waals surface area contributed by atoms with Crippen LogP contribution in [0.3, 0.4) is 0 Å². The Morgan fingerprint density at radius 1 is 0.593 bits per heavy atom. The highest BCUT2D eigenvalue weighted by Crippen LogP contribution is 2.11. The largest absolute Gasteiger partial charge is 0.265 e. The lowest BCUT2D eigenvalue weighted by Crippen LogP contribution is -1.88.